The highest BCUT2D eigenvalue weighted by Crippen LogP contribution is 2.44. The van der Waals surface area contributed by atoms with Crippen molar-refractivity contribution in [2.24, 2.45) is 0 Å². The van der Waals surface area contributed by atoms with Crippen molar-refractivity contribution < 1.29 is 19.4 Å². The lowest BCUT2D eigenvalue weighted by Crippen LogP contribution is -2.45. The number of aromatic carboxylic acids is 1. The lowest BCUT2D eigenvalue weighted by molar-refractivity contribution is 0.0672. The number of amides is 1. The molecule has 1 aromatic heterocycles. The molecule has 1 unspecified atom stereocenters. The smallest absolute Gasteiger partial charge is 0.410 e. The van der Waals surface area contributed by atoms with Crippen molar-refractivity contribution in [1.29, 1.82) is 0 Å². The van der Waals surface area contributed by atoms with Gasteiger partial charge < -0.3 is 9.84 Å². The van der Waals surface area contributed by atoms with E-state index in [1.165, 1.54) is 28.3 Å². The molecule has 0 radical (unpaired) electrons. The molecule has 5 rings (SSSR count). The van der Waals surface area contributed by atoms with Crippen molar-refractivity contribution in [2.45, 2.75) is 32.0 Å². The first-order chi connectivity index (χ1) is 14.5. The quantitative estimate of drug-likeness (QED) is 0.720. The Morgan fingerprint density at radius 3 is 2.37 bits per heavy atom. The maximum absolute atomic E-state index is 12.9. The largest absolute Gasteiger partial charge is 0.476 e. The topological polar surface area (TPSA) is 84.7 Å². The Bertz CT molecular complexity index is 1110. The van der Waals surface area contributed by atoms with Gasteiger partial charge in [-0.2, -0.15) is 5.10 Å². The van der Waals surface area contributed by atoms with E-state index in [1.54, 1.807) is 9.58 Å². The van der Waals surface area contributed by atoms with Gasteiger partial charge in [0.2, 0.25) is 0 Å². The van der Waals surface area contributed by atoms with Crippen molar-refractivity contribution in [3.63, 3.8) is 0 Å². The van der Waals surface area contributed by atoms with Crippen LogP contribution in [0.5, 0.6) is 0 Å². The molecule has 0 saturated carbocycles. The van der Waals surface area contributed by atoms with E-state index in [0.29, 0.717) is 12.2 Å². The normalized spacial score (nSPS) is 17.2. The lowest BCUT2D eigenvalue weighted by atomic mass is 9.98. The van der Waals surface area contributed by atoms with E-state index in [2.05, 4.69) is 29.4 Å². The first-order valence-electron chi connectivity index (χ1n) is 9.94. The van der Waals surface area contributed by atoms with Crippen LogP contribution in [-0.2, 0) is 17.8 Å². The molecule has 0 bridgehead atoms. The molecule has 1 aliphatic carbocycles. The average Bonchev–Trinajstić information content (AvgIpc) is 3.30. The van der Waals surface area contributed by atoms with Crippen molar-refractivity contribution in [1.82, 2.24) is 14.7 Å². The van der Waals surface area contributed by atoms with E-state index in [-0.39, 0.29) is 30.8 Å². The third-order valence-electron chi connectivity index (χ3n) is 5.95. The molecular weight excluding hydrogens is 382 g/mol. The lowest BCUT2D eigenvalue weighted by Gasteiger charge is -2.33. The van der Waals surface area contributed by atoms with Gasteiger partial charge in [-0.15, -0.1) is 0 Å². The minimum absolute atomic E-state index is 0.00517. The predicted molar refractivity (Wildman–Crippen MR) is 109 cm³/mol. The molecule has 7 nitrogen and oxygen atoms in total. The van der Waals surface area contributed by atoms with Crippen molar-refractivity contribution in [3.05, 3.63) is 77.1 Å². The molecular formula is C23H21N3O4. The predicted octanol–water partition coefficient (Wildman–Crippen LogP) is 3.73. The zero-order valence-electron chi connectivity index (χ0n) is 16.5. The number of carboxylic acids is 1. The van der Waals surface area contributed by atoms with Gasteiger partial charge >= 0.3 is 12.1 Å². The Morgan fingerprint density at radius 2 is 1.73 bits per heavy atom. The van der Waals surface area contributed by atoms with Crippen LogP contribution in [0.15, 0.2) is 54.6 Å². The summed E-state index contributed by atoms with van der Waals surface area (Å²) in [5, 5.41) is 13.3. The number of nitrogens with zero attached hydrogens (tertiary/aromatic N) is 3. The number of ether oxygens (including phenoxy) is 1. The van der Waals surface area contributed by atoms with Gasteiger partial charge in [0.05, 0.1) is 24.8 Å². The molecule has 2 aromatic carbocycles. The number of fused-ring (bicyclic) bond motifs is 4. The molecule has 1 aliphatic heterocycles. The maximum Gasteiger partial charge on any atom is 0.410 e. The highest BCUT2D eigenvalue weighted by atomic mass is 16.6. The summed E-state index contributed by atoms with van der Waals surface area (Å²) >= 11 is 0. The first-order valence-corrected chi connectivity index (χ1v) is 9.94. The summed E-state index contributed by atoms with van der Waals surface area (Å²) in [5.41, 5.74) is 5.39. The van der Waals surface area contributed by atoms with Gasteiger partial charge in [-0.3, -0.25) is 9.58 Å². The van der Waals surface area contributed by atoms with Gasteiger partial charge in [-0.1, -0.05) is 48.5 Å². The Balaban J connectivity index is 1.33. The zero-order chi connectivity index (χ0) is 20.8. The van der Waals surface area contributed by atoms with E-state index < -0.39 is 12.1 Å². The van der Waals surface area contributed by atoms with Gasteiger partial charge in [-0.25, -0.2) is 9.59 Å². The minimum Gasteiger partial charge on any atom is -0.476 e. The summed E-state index contributed by atoms with van der Waals surface area (Å²) in [6.45, 7) is 2.88. The molecule has 30 heavy (non-hydrogen) atoms. The molecule has 7 heteroatoms. The first kappa shape index (κ1) is 18.4. The van der Waals surface area contributed by atoms with E-state index in [0.717, 1.165) is 0 Å². The maximum atomic E-state index is 12.9. The van der Waals surface area contributed by atoms with Crippen LogP contribution >= 0.6 is 0 Å². The van der Waals surface area contributed by atoms with Crippen LogP contribution in [-0.4, -0.2) is 44.5 Å². The third-order valence-corrected chi connectivity index (χ3v) is 5.95. The van der Waals surface area contributed by atoms with Crippen LogP contribution in [0.25, 0.3) is 11.1 Å². The number of hydrogen-bond donors (Lipinski definition) is 1. The SMILES string of the molecule is CC1Cn2nc(C(=O)O)cc2CN1C(=O)OCC1c2ccccc2-c2ccccc21. The van der Waals surface area contributed by atoms with Gasteiger partial charge in [0, 0.05) is 5.92 Å². The molecule has 3 aromatic rings. The number of carbonyl (C=O) groups excluding carboxylic acids is 1. The van der Waals surface area contributed by atoms with Crippen LogP contribution in [0.2, 0.25) is 0 Å². The third kappa shape index (κ3) is 2.94. The Morgan fingerprint density at radius 1 is 1.10 bits per heavy atom. The summed E-state index contributed by atoms with van der Waals surface area (Å²) in [5.74, 6) is -1.07. The number of aromatic nitrogens is 2. The molecule has 0 fully saturated rings. The Hall–Kier alpha value is -3.61. The molecule has 2 heterocycles. The van der Waals surface area contributed by atoms with Crippen molar-refractivity contribution >= 4 is 12.1 Å². The number of carbonyl (C=O) groups is 2. The summed E-state index contributed by atoms with van der Waals surface area (Å²) in [6, 6.07) is 17.8. The number of hydrogen-bond acceptors (Lipinski definition) is 4. The Labute approximate surface area is 173 Å². The van der Waals surface area contributed by atoms with Gasteiger partial charge in [0.25, 0.3) is 0 Å². The van der Waals surface area contributed by atoms with Crippen LogP contribution < -0.4 is 0 Å². The van der Waals surface area contributed by atoms with Crippen molar-refractivity contribution in [3.8, 4) is 11.1 Å². The average molecular weight is 403 g/mol. The second-order valence-electron chi connectivity index (χ2n) is 7.79. The fourth-order valence-electron chi connectivity index (χ4n) is 4.45. The minimum atomic E-state index is -1.07. The fraction of sp³-hybridized carbons (Fsp3) is 0.261. The Kier molecular flexibility index (Phi) is 4.31. The van der Waals surface area contributed by atoms with Crippen molar-refractivity contribution in [2.75, 3.05) is 6.61 Å². The van der Waals surface area contributed by atoms with E-state index in [9.17, 15) is 9.59 Å². The van der Waals surface area contributed by atoms with Gasteiger partial charge in [0.15, 0.2) is 5.69 Å². The summed E-state index contributed by atoms with van der Waals surface area (Å²) in [7, 11) is 0. The standard InChI is InChI=1S/C23H21N3O4/c1-14-11-26-15(10-21(24-26)22(27)28)12-25(14)23(29)30-13-20-18-8-4-2-6-16(18)17-7-3-5-9-19(17)20/h2-10,14,20H,11-13H2,1H3,(H,27,28). The van der Waals surface area contributed by atoms with Gasteiger partial charge in [0.1, 0.15) is 6.61 Å². The molecule has 0 saturated heterocycles. The summed E-state index contributed by atoms with van der Waals surface area (Å²) < 4.78 is 7.41. The number of carboxylic acid groups (broad SMARTS) is 1. The van der Waals surface area contributed by atoms with Crippen LogP contribution in [0, 0.1) is 0 Å². The van der Waals surface area contributed by atoms with Crippen LogP contribution in [0.4, 0.5) is 4.79 Å². The van der Waals surface area contributed by atoms with E-state index in [1.807, 2.05) is 31.2 Å². The monoisotopic (exact) mass is 403 g/mol. The summed E-state index contributed by atoms with van der Waals surface area (Å²) in [6.07, 6.45) is -0.395. The van der Waals surface area contributed by atoms with E-state index >= 15 is 0 Å². The number of rotatable bonds is 3. The molecule has 152 valence electrons. The second kappa shape index (κ2) is 7.02. The highest BCUT2D eigenvalue weighted by molar-refractivity contribution is 5.85. The highest BCUT2D eigenvalue weighted by Gasteiger charge is 2.33. The summed E-state index contributed by atoms with van der Waals surface area (Å²) in [4.78, 5) is 25.7. The molecule has 1 atom stereocenters. The molecule has 1 N–H and O–H groups in total. The number of benzene rings is 2. The molecule has 1 amide bonds. The zero-order valence-corrected chi connectivity index (χ0v) is 16.5. The molecule has 2 aliphatic rings. The van der Waals surface area contributed by atoms with Crippen LogP contribution in [0.1, 0.15) is 40.2 Å². The second-order valence-corrected chi connectivity index (χ2v) is 7.79. The van der Waals surface area contributed by atoms with Crippen LogP contribution in [0.3, 0.4) is 0 Å². The van der Waals surface area contributed by atoms with E-state index in [4.69, 9.17) is 9.84 Å². The molecule has 0 spiro atoms. The fourth-order valence-corrected chi connectivity index (χ4v) is 4.45. The van der Waals surface area contributed by atoms with Gasteiger partial charge in [-0.05, 0) is 35.2 Å².